The topological polar surface area (TPSA) is 88.4 Å². The van der Waals surface area contributed by atoms with Gasteiger partial charge in [-0.2, -0.15) is 0 Å². The number of hydrogen-bond acceptors (Lipinski definition) is 3. The summed E-state index contributed by atoms with van der Waals surface area (Å²) in [7, 11) is 0. The smallest absolute Gasteiger partial charge is 0.303 e. The van der Waals surface area contributed by atoms with Crippen LogP contribution >= 0.6 is 11.6 Å². The monoisotopic (exact) mass is 362 g/mol. The van der Waals surface area contributed by atoms with Crippen LogP contribution in [0.1, 0.15) is 29.3 Å². The maximum Gasteiger partial charge on any atom is 0.303 e. The van der Waals surface area contributed by atoms with Gasteiger partial charge < -0.3 is 15.0 Å². The number of halogens is 1. The quantitative estimate of drug-likeness (QED) is 0.791. The van der Waals surface area contributed by atoms with Gasteiger partial charge in [-0.05, 0) is 23.6 Å². The first-order chi connectivity index (χ1) is 11.9. The summed E-state index contributed by atoms with van der Waals surface area (Å²) in [6, 6.07) is 9.95. The lowest BCUT2D eigenvalue weighted by Gasteiger charge is -2.12. The van der Waals surface area contributed by atoms with Crippen molar-refractivity contribution in [3.63, 3.8) is 0 Å². The van der Waals surface area contributed by atoms with Crippen molar-refractivity contribution in [1.29, 1.82) is 0 Å². The molecule has 132 valence electrons. The number of nitrogens with zero attached hydrogens (tertiary/aromatic N) is 1. The van der Waals surface area contributed by atoms with E-state index < -0.39 is 5.97 Å². The summed E-state index contributed by atoms with van der Waals surface area (Å²) >= 11 is 6.11. The van der Waals surface area contributed by atoms with Crippen LogP contribution in [0.25, 0.3) is 0 Å². The molecule has 1 unspecified atom stereocenters. The van der Waals surface area contributed by atoms with Gasteiger partial charge in [0, 0.05) is 30.3 Å². The first kappa shape index (κ1) is 18.7. The number of carboxylic acid groups (broad SMARTS) is 1. The van der Waals surface area contributed by atoms with E-state index in [1.165, 1.54) is 22.9 Å². The average molecular weight is 363 g/mol. The van der Waals surface area contributed by atoms with E-state index >= 15 is 0 Å². The summed E-state index contributed by atoms with van der Waals surface area (Å²) in [5.74, 6) is -1.45. The number of aromatic nitrogens is 1. The molecule has 0 saturated carbocycles. The van der Waals surface area contributed by atoms with Crippen molar-refractivity contribution >= 4 is 23.5 Å². The molecule has 0 spiro atoms. The Morgan fingerprint density at radius 2 is 1.96 bits per heavy atom. The van der Waals surface area contributed by atoms with E-state index in [0.717, 1.165) is 5.56 Å². The molecule has 2 aromatic rings. The van der Waals surface area contributed by atoms with Gasteiger partial charge in [-0.15, -0.1) is 0 Å². The van der Waals surface area contributed by atoms with Crippen molar-refractivity contribution < 1.29 is 14.7 Å². The zero-order chi connectivity index (χ0) is 18.4. The molecule has 0 aliphatic heterocycles. The van der Waals surface area contributed by atoms with E-state index in [1.807, 2.05) is 12.1 Å². The molecule has 25 heavy (non-hydrogen) atoms. The normalized spacial score (nSPS) is 11.8. The van der Waals surface area contributed by atoms with Crippen LogP contribution in [0.3, 0.4) is 0 Å². The summed E-state index contributed by atoms with van der Waals surface area (Å²) in [6.45, 7) is 2.25. The highest BCUT2D eigenvalue weighted by molar-refractivity contribution is 6.31. The molecule has 1 heterocycles. The molecule has 1 aromatic carbocycles. The highest BCUT2D eigenvalue weighted by atomic mass is 35.5. The molecule has 1 amide bonds. The molecule has 7 heteroatoms. The van der Waals surface area contributed by atoms with Crippen LogP contribution in [-0.4, -0.2) is 28.1 Å². The van der Waals surface area contributed by atoms with Crippen molar-refractivity contribution in [2.45, 2.75) is 19.9 Å². The van der Waals surface area contributed by atoms with E-state index in [4.69, 9.17) is 16.7 Å². The van der Waals surface area contributed by atoms with Crippen LogP contribution in [0.4, 0.5) is 0 Å². The molecular weight excluding hydrogens is 344 g/mol. The molecule has 0 saturated heterocycles. The predicted octanol–water partition coefficient (Wildman–Crippen LogP) is 2.39. The number of carboxylic acids is 1. The molecule has 0 fully saturated rings. The zero-order valence-corrected chi connectivity index (χ0v) is 14.5. The standard InChI is InChI=1S/C18H19ClN2O4/c1-12(8-17(23)24)9-20-18(25)14-6-7-16(22)21(11-14)10-13-4-2-3-5-15(13)19/h2-7,11-12H,8-10H2,1H3,(H,20,25)(H,23,24). The van der Waals surface area contributed by atoms with Gasteiger partial charge in [-0.25, -0.2) is 0 Å². The van der Waals surface area contributed by atoms with Crippen LogP contribution in [0, 0.1) is 5.92 Å². The molecule has 1 atom stereocenters. The van der Waals surface area contributed by atoms with Gasteiger partial charge in [0.1, 0.15) is 0 Å². The van der Waals surface area contributed by atoms with Crippen molar-refractivity contribution in [1.82, 2.24) is 9.88 Å². The summed E-state index contributed by atoms with van der Waals surface area (Å²) in [4.78, 5) is 34.9. The number of pyridine rings is 1. The Morgan fingerprint density at radius 1 is 1.24 bits per heavy atom. The number of carbonyl (C=O) groups excluding carboxylic acids is 1. The van der Waals surface area contributed by atoms with Crippen molar-refractivity contribution in [2.75, 3.05) is 6.54 Å². The van der Waals surface area contributed by atoms with E-state index in [1.54, 1.807) is 19.1 Å². The fourth-order valence-corrected chi connectivity index (χ4v) is 2.53. The summed E-state index contributed by atoms with van der Waals surface area (Å²) in [5.41, 5.74) is 0.865. The van der Waals surface area contributed by atoms with Crippen LogP contribution in [-0.2, 0) is 11.3 Å². The Hall–Kier alpha value is -2.60. The molecule has 0 aliphatic carbocycles. The molecule has 0 aliphatic rings. The maximum atomic E-state index is 12.2. The Bertz CT molecular complexity index is 832. The Kier molecular flexibility index (Phi) is 6.36. The second-order valence-corrected chi connectivity index (χ2v) is 6.30. The molecule has 2 rings (SSSR count). The lowest BCUT2D eigenvalue weighted by atomic mass is 10.1. The van der Waals surface area contributed by atoms with Crippen molar-refractivity contribution in [3.05, 3.63) is 69.1 Å². The second kappa shape index (κ2) is 8.48. The molecule has 0 radical (unpaired) electrons. The SMILES string of the molecule is CC(CNC(=O)c1ccc(=O)n(Cc2ccccc2Cl)c1)CC(=O)O. The Labute approximate surface area is 150 Å². The molecule has 2 N–H and O–H groups in total. The molecule has 6 nitrogen and oxygen atoms in total. The lowest BCUT2D eigenvalue weighted by Crippen LogP contribution is -2.30. The van der Waals surface area contributed by atoms with Gasteiger partial charge in [0.25, 0.3) is 11.5 Å². The van der Waals surface area contributed by atoms with E-state index in [2.05, 4.69) is 5.32 Å². The van der Waals surface area contributed by atoms with Crippen LogP contribution in [0.15, 0.2) is 47.4 Å². The first-order valence-corrected chi connectivity index (χ1v) is 8.18. The van der Waals surface area contributed by atoms with E-state index in [0.29, 0.717) is 10.6 Å². The third-order valence-corrected chi connectivity index (χ3v) is 4.05. The van der Waals surface area contributed by atoms with Crippen LogP contribution in [0.2, 0.25) is 5.02 Å². The minimum atomic E-state index is -0.907. The van der Waals surface area contributed by atoms with Crippen molar-refractivity contribution in [2.24, 2.45) is 5.92 Å². The van der Waals surface area contributed by atoms with Gasteiger partial charge in [0.15, 0.2) is 0 Å². The number of benzene rings is 1. The fourth-order valence-electron chi connectivity index (χ4n) is 2.34. The average Bonchev–Trinajstić information content (AvgIpc) is 2.56. The number of aliphatic carboxylic acids is 1. The maximum absolute atomic E-state index is 12.2. The Morgan fingerprint density at radius 3 is 2.64 bits per heavy atom. The van der Waals surface area contributed by atoms with E-state index in [9.17, 15) is 14.4 Å². The minimum Gasteiger partial charge on any atom is -0.481 e. The first-order valence-electron chi connectivity index (χ1n) is 7.80. The van der Waals surface area contributed by atoms with Crippen LogP contribution < -0.4 is 10.9 Å². The minimum absolute atomic E-state index is 0.0215. The largest absolute Gasteiger partial charge is 0.481 e. The summed E-state index contributed by atoms with van der Waals surface area (Å²) < 4.78 is 1.41. The lowest BCUT2D eigenvalue weighted by molar-refractivity contribution is -0.137. The Balaban J connectivity index is 2.10. The zero-order valence-electron chi connectivity index (χ0n) is 13.7. The van der Waals surface area contributed by atoms with Gasteiger partial charge in [-0.1, -0.05) is 36.7 Å². The second-order valence-electron chi connectivity index (χ2n) is 5.89. The number of rotatable bonds is 7. The molecular formula is C18H19ClN2O4. The van der Waals surface area contributed by atoms with Crippen LogP contribution in [0.5, 0.6) is 0 Å². The third kappa shape index (κ3) is 5.46. The van der Waals surface area contributed by atoms with Gasteiger partial charge >= 0.3 is 5.97 Å². The number of amides is 1. The van der Waals surface area contributed by atoms with Gasteiger partial charge in [0.2, 0.25) is 0 Å². The van der Waals surface area contributed by atoms with Gasteiger partial charge in [0.05, 0.1) is 12.1 Å². The molecule has 0 bridgehead atoms. The molecule has 1 aromatic heterocycles. The number of nitrogens with one attached hydrogen (secondary N) is 1. The highest BCUT2D eigenvalue weighted by Crippen LogP contribution is 2.15. The predicted molar refractivity (Wildman–Crippen MR) is 95.0 cm³/mol. The van der Waals surface area contributed by atoms with E-state index in [-0.39, 0.29) is 36.9 Å². The summed E-state index contributed by atoms with van der Waals surface area (Å²) in [5, 5.41) is 12.0. The summed E-state index contributed by atoms with van der Waals surface area (Å²) in [6.07, 6.45) is 1.45. The van der Waals surface area contributed by atoms with Crippen molar-refractivity contribution in [3.8, 4) is 0 Å². The number of carbonyl (C=O) groups is 2. The number of hydrogen-bond donors (Lipinski definition) is 2. The third-order valence-electron chi connectivity index (χ3n) is 3.68. The fraction of sp³-hybridized carbons (Fsp3) is 0.278. The highest BCUT2D eigenvalue weighted by Gasteiger charge is 2.12. The van der Waals surface area contributed by atoms with Gasteiger partial charge in [-0.3, -0.25) is 14.4 Å².